The van der Waals surface area contributed by atoms with Gasteiger partial charge in [0.15, 0.2) is 0 Å². The number of methoxy groups -OCH3 is 1. The molecule has 2 rings (SSSR count). The van der Waals surface area contributed by atoms with Crippen LogP contribution in [0.25, 0.3) is 0 Å². The Labute approximate surface area is 125 Å². The summed E-state index contributed by atoms with van der Waals surface area (Å²) in [6, 6.07) is 3.54. The molecule has 1 aliphatic heterocycles. The Kier molecular flexibility index (Phi) is 4.52. The second-order valence-corrected chi connectivity index (χ2v) is 4.39. The standard InChI is InChI=1S/C14H13FN2O5/c1-22-14(21)8-2-3-10(9(15)6-8)16-11-7-12(19)17(4-5-18)13(11)20/h2-3,6-7,16,18H,4-5H2,1H3. The molecule has 0 radical (unpaired) electrons. The van der Waals surface area contributed by atoms with Crippen LogP contribution >= 0.6 is 0 Å². The largest absolute Gasteiger partial charge is 0.465 e. The highest BCUT2D eigenvalue weighted by molar-refractivity contribution is 6.17. The normalized spacial score (nSPS) is 14.1. The first-order chi connectivity index (χ1) is 10.5. The number of rotatable bonds is 5. The topological polar surface area (TPSA) is 95.9 Å². The molecule has 0 saturated carbocycles. The van der Waals surface area contributed by atoms with Crippen LogP contribution in [-0.2, 0) is 14.3 Å². The summed E-state index contributed by atoms with van der Waals surface area (Å²) in [5, 5.41) is 11.3. The molecule has 7 nitrogen and oxygen atoms in total. The average molecular weight is 308 g/mol. The van der Waals surface area contributed by atoms with E-state index in [-0.39, 0.29) is 30.1 Å². The smallest absolute Gasteiger partial charge is 0.337 e. The van der Waals surface area contributed by atoms with Crippen LogP contribution in [0.5, 0.6) is 0 Å². The van der Waals surface area contributed by atoms with Gasteiger partial charge in [-0.2, -0.15) is 0 Å². The fourth-order valence-corrected chi connectivity index (χ4v) is 1.92. The Morgan fingerprint density at radius 2 is 2.14 bits per heavy atom. The third-order valence-electron chi connectivity index (χ3n) is 2.99. The fraction of sp³-hybridized carbons (Fsp3) is 0.214. The van der Waals surface area contributed by atoms with Gasteiger partial charge in [0, 0.05) is 6.08 Å². The molecule has 116 valence electrons. The number of aliphatic hydroxyl groups is 1. The van der Waals surface area contributed by atoms with Gasteiger partial charge in [-0.05, 0) is 18.2 Å². The maximum absolute atomic E-state index is 13.9. The molecule has 0 atom stereocenters. The lowest BCUT2D eigenvalue weighted by Crippen LogP contribution is -2.34. The van der Waals surface area contributed by atoms with Crippen molar-refractivity contribution in [2.75, 3.05) is 25.6 Å². The Morgan fingerprint density at radius 3 is 2.73 bits per heavy atom. The van der Waals surface area contributed by atoms with Crippen molar-refractivity contribution in [3.05, 3.63) is 41.4 Å². The lowest BCUT2D eigenvalue weighted by atomic mass is 10.2. The number of hydrogen-bond acceptors (Lipinski definition) is 6. The van der Waals surface area contributed by atoms with Crippen molar-refractivity contribution < 1.29 is 28.6 Å². The molecule has 0 unspecified atom stereocenters. The van der Waals surface area contributed by atoms with Crippen LogP contribution in [0.15, 0.2) is 30.0 Å². The summed E-state index contributed by atoms with van der Waals surface area (Å²) in [6.07, 6.45) is 1.02. The van der Waals surface area contributed by atoms with Crippen molar-refractivity contribution in [2.45, 2.75) is 0 Å². The van der Waals surface area contributed by atoms with Gasteiger partial charge in [-0.3, -0.25) is 14.5 Å². The number of β-amino-alcohol motifs (C(OH)–C–C–N with tert-alkyl or cyclic N) is 1. The van der Waals surface area contributed by atoms with Crippen molar-refractivity contribution in [3.63, 3.8) is 0 Å². The van der Waals surface area contributed by atoms with E-state index in [1.54, 1.807) is 0 Å². The molecule has 0 bridgehead atoms. The number of carbonyl (C=O) groups excluding carboxylic acids is 3. The van der Waals surface area contributed by atoms with Crippen LogP contribution in [0.3, 0.4) is 0 Å². The van der Waals surface area contributed by atoms with E-state index in [0.717, 1.165) is 17.0 Å². The highest BCUT2D eigenvalue weighted by atomic mass is 19.1. The Balaban J connectivity index is 2.18. The first-order valence-corrected chi connectivity index (χ1v) is 6.31. The molecule has 2 N–H and O–H groups in total. The summed E-state index contributed by atoms with van der Waals surface area (Å²) < 4.78 is 18.4. The molecule has 0 aromatic heterocycles. The minimum Gasteiger partial charge on any atom is -0.465 e. The third kappa shape index (κ3) is 2.96. The zero-order valence-corrected chi connectivity index (χ0v) is 11.6. The molecule has 8 heteroatoms. The van der Waals surface area contributed by atoms with Gasteiger partial charge in [-0.1, -0.05) is 0 Å². The number of ether oxygens (including phenoxy) is 1. The average Bonchev–Trinajstić information content (AvgIpc) is 2.76. The second kappa shape index (κ2) is 6.35. The van der Waals surface area contributed by atoms with Gasteiger partial charge in [-0.15, -0.1) is 0 Å². The summed E-state index contributed by atoms with van der Waals surface area (Å²) in [7, 11) is 1.18. The van der Waals surface area contributed by atoms with Gasteiger partial charge < -0.3 is 15.2 Å². The van der Waals surface area contributed by atoms with Crippen molar-refractivity contribution in [2.24, 2.45) is 0 Å². The first-order valence-electron chi connectivity index (χ1n) is 6.31. The van der Waals surface area contributed by atoms with Gasteiger partial charge in [0.1, 0.15) is 11.5 Å². The minimum atomic E-state index is -0.773. The minimum absolute atomic E-state index is 0.0234. The number of nitrogens with one attached hydrogen (secondary N) is 1. The van der Waals surface area contributed by atoms with E-state index in [0.29, 0.717) is 0 Å². The van der Waals surface area contributed by atoms with E-state index in [1.807, 2.05) is 0 Å². The highest BCUT2D eigenvalue weighted by Crippen LogP contribution is 2.21. The highest BCUT2D eigenvalue weighted by Gasteiger charge is 2.31. The van der Waals surface area contributed by atoms with Gasteiger partial charge >= 0.3 is 5.97 Å². The molecule has 0 spiro atoms. The second-order valence-electron chi connectivity index (χ2n) is 4.39. The molecule has 0 saturated heterocycles. The van der Waals surface area contributed by atoms with E-state index < -0.39 is 23.6 Å². The summed E-state index contributed by atoms with van der Waals surface area (Å²) in [6.45, 7) is -0.496. The Hall–Kier alpha value is -2.74. The molecule has 1 aromatic rings. The van der Waals surface area contributed by atoms with E-state index in [9.17, 15) is 18.8 Å². The number of anilines is 1. The summed E-state index contributed by atoms with van der Waals surface area (Å²) in [4.78, 5) is 35.6. The van der Waals surface area contributed by atoms with Gasteiger partial charge in [-0.25, -0.2) is 9.18 Å². The van der Waals surface area contributed by atoms with Crippen LogP contribution in [-0.4, -0.2) is 48.1 Å². The number of benzene rings is 1. The zero-order chi connectivity index (χ0) is 16.3. The van der Waals surface area contributed by atoms with Gasteiger partial charge in [0.2, 0.25) is 0 Å². The Bertz CT molecular complexity index is 671. The molecule has 1 aliphatic rings. The van der Waals surface area contributed by atoms with Crippen molar-refractivity contribution in [1.82, 2.24) is 4.90 Å². The lowest BCUT2D eigenvalue weighted by molar-refractivity contribution is -0.137. The number of hydrogen-bond donors (Lipinski definition) is 2. The zero-order valence-electron chi connectivity index (χ0n) is 11.6. The molecule has 22 heavy (non-hydrogen) atoms. The van der Waals surface area contributed by atoms with Crippen LogP contribution in [0.4, 0.5) is 10.1 Å². The molecule has 0 aliphatic carbocycles. The van der Waals surface area contributed by atoms with E-state index in [4.69, 9.17) is 5.11 Å². The van der Waals surface area contributed by atoms with E-state index in [2.05, 4.69) is 10.1 Å². The fourth-order valence-electron chi connectivity index (χ4n) is 1.92. The molecule has 0 fully saturated rings. The monoisotopic (exact) mass is 308 g/mol. The third-order valence-corrected chi connectivity index (χ3v) is 2.99. The number of imide groups is 1. The number of carbonyl (C=O) groups is 3. The lowest BCUT2D eigenvalue weighted by Gasteiger charge is -2.13. The molecule has 1 heterocycles. The number of esters is 1. The van der Waals surface area contributed by atoms with Crippen molar-refractivity contribution >= 4 is 23.5 Å². The molecule has 1 aromatic carbocycles. The van der Waals surface area contributed by atoms with E-state index in [1.165, 1.54) is 19.2 Å². The summed E-state index contributed by atoms with van der Waals surface area (Å²) >= 11 is 0. The molecule has 2 amide bonds. The first kappa shape index (κ1) is 15.6. The van der Waals surface area contributed by atoms with Crippen LogP contribution in [0, 0.1) is 5.82 Å². The van der Waals surface area contributed by atoms with Crippen LogP contribution in [0.2, 0.25) is 0 Å². The number of nitrogens with zero attached hydrogens (tertiary/aromatic N) is 1. The summed E-state index contributed by atoms with van der Waals surface area (Å²) in [5.74, 6) is -2.71. The van der Waals surface area contributed by atoms with Crippen molar-refractivity contribution in [3.8, 4) is 0 Å². The predicted octanol–water partition coefficient (Wildman–Crippen LogP) is 0.269. The van der Waals surface area contributed by atoms with E-state index >= 15 is 0 Å². The summed E-state index contributed by atoms with van der Waals surface area (Å²) in [5.41, 5.74) is -0.149. The SMILES string of the molecule is COC(=O)c1ccc(NC2=CC(=O)N(CCO)C2=O)c(F)c1. The number of amides is 2. The maximum Gasteiger partial charge on any atom is 0.337 e. The molecular formula is C14H13FN2O5. The van der Waals surface area contributed by atoms with Crippen molar-refractivity contribution in [1.29, 1.82) is 0 Å². The quantitative estimate of drug-likeness (QED) is 0.599. The van der Waals surface area contributed by atoms with Gasteiger partial charge in [0.25, 0.3) is 11.8 Å². The molecular weight excluding hydrogens is 295 g/mol. The van der Waals surface area contributed by atoms with Crippen LogP contribution in [0.1, 0.15) is 10.4 Å². The maximum atomic E-state index is 13.9. The number of halogens is 1. The van der Waals surface area contributed by atoms with Gasteiger partial charge in [0.05, 0.1) is 31.5 Å². The number of aliphatic hydroxyl groups excluding tert-OH is 1. The van der Waals surface area contributed by atoms with Crippen LogP contribution < -0.4 is 5.32 Å². The Morgan fingerprint density at radius 1 is 1.41 bits per heavy atom. The predicted molar refractivity (Wildman–Crippen MR) is 73.3 cm³/mol.